The molecule has 1 unspecified atom stereocenters. The average Bonchev–Trinajstić information content (AvgIpc) is 2.26. The van der Waals surface area contributed by atoms with E-state index in [2.05, 4.69) is 32.6 Å². The van der Waals surface area contributed by atoms with Gasteiger partial charge in [-0.05, 0) is 33.1 Å². The van der Waals surface area contributed by atoms with Gasteiger partial charge in [-0.1, -0.05) is 13.8 Å². The summed E-state index contributed by atoms with van der Waals surface area (Å²) in [5.41, 5.74) is -0.973. The van der Waals surface area contributed by atoms with E-state index in [0.29, 0.717) is 31.0 Å². The van der Waals surface area contributed by atoms with Crippen molar-refractivity contribution < 1.29 is 4.39 Å². The van der Waals surface area contributed by atoms with Gasteiger partial charge in [0.1, 0.15) is 5.67 Å². The van der Waals surface area contributed by atoms with Crippen LogP contribution < -0.4 is 0 Å². The maximum absolute atomic E-state index is 13.8. The highest BCUT2D eigenvalue weighted by atomic mass is 19.1. The molecule has 0 bridgehead atoms. The van der Waals surface area contributed by atoms with E-state index in [0.717, 1.165) is 0 Å². The molecule has 0 aliphatic carbocycles. The SMILES string of the molecule is CC(C)C1C[C@](C)(F)CN1C(C)C. The van der Waals surface area contributed by atoms with Gasteiger partial charge in [0.25, 0.3) is 0 Å². The number of alkyl halides is 1. The molecule has 0 amide bonds. The summed E-state index contributed by atoms with van der Waals surface area (Å²) in [7, 11) is 0. The van der Waals surface area contributed by atoms with Crippen molar-refractivity contribution >= 4 is 0 Å². The van der Waals surface area contributed by atoms with Crippen molar-refractivity contribution in [3.63, 3.8) is 0 Å². The minimum atomic E-state index is -0.973. The molecule has 1 aliphatic heterocycles. The van der Waals surface area contributed by atoms with E-state index in [1.54, 1.807) is 6.92 Å². The molecule has 2 heteroatoms. The maximum atomic E-state index is 13.8. The molecule has 0 spiro atoms. The Balaban J connectivity index is 2.71. The quantitative estimate of drug-likeness (QED) is 0.642. The highest BCUT2D eigenvalue weighted by Crippen LogP contribution is 2.34. The van der Waals surface area contributed by atoms with Crippen LogP contribution in [0.1, 0.15) is 41.0 Å². The molecule has 1 rings (SSSR count). The summed E-state index contributed by atoms with van der Waals surface area (Å²) in [4.78, 5) is 2.30. The molecule has 1 aliphatic rings. The lowest BCUT2D eigenvalue weighted by Crippen LogP contribution is -2.39. The lowest BCUT2D eigenvalue weighted by atomic mass is 9.97. The third-order valence-electron chi connectivity index (χ3n) is 3.01. The lowest BCUT2D eigenvalue weighted by Gasteiger charge is -2.30. The Labute approximate surface area is 81.3 Å². The molecule has 0 radical (unpaired) electrons. The Kier molecular flexibility index (Phi) is 3.01. The molecule has 0 aromatic rings. The Hall–Kier alpha value is -0.110. The third-order valence-corrected chi connectivity index (χ3v) is 3.01. The zero-order valence-corrected chi connectivity index (χ0v) is 9.47. The molecule has 13 heavy (non-hydrogen) atoms. The van der Waals surface area contributed by atoms with Crippen LogP contribution in [0.25, 0.3) is 0 Å². The Morgan fingerprint density at radius 3 is 2.15 bits per heavy atom. The molecule has 0 aromatic heterocycles. The molecule has 1 fully saturated rings. The molecule has 1 heterocycles. The van der Waals surface area contributed by atoms with Gasteiger partial charge in [0.2, 0.25) is 0 Å². The minimum absolute atomic E-state index is 0.426. The van der Waals surface area contributed by atoms with Crippen molar-refractivity contribution in [1.82, 2.24) is 4.90 Å². The van der Waals surface area contributed by atoms with Gasteiger partial charge in [0, 0.05) is 18.6 Å². The topological polar surface area (TPSA) is 3.24 Å². The van der Waals surface area contributed by atoms with Crippen LogP contribution in [0.4, 0.5) is 4.39 Å². The highest BCUT2D eigenvalue weighted by Gasteiger charge is 2.42. The van der Waals surface area contributed by atoms with Crippen LogP contribution in [-0.4, -0.2) is 29.2 Å². The predicted octanol–water partition coefficient (Wildman–Crippen LogP) is 2.85. The van der Waals surface area contributed by atoms with E-state index < -0.39 is 5.67 Å². The molecule has 0 saturated carbocycles. The van der Waals surface area contributed by atoms with Gasteiger partial charge in [-0.2, -0.15) is 0 Å². The van der Waals surface area contributed by atoms with Crippen molar-refractivity contribution in [1.29, 1.82) is 0 Å². The summed E-state index contributed by atoms with van der Waals surface area (Å²) in [5.74, 6) is 0.556. The molecule has 78 valence electrons. The van der Waals surface area contributed by atoms with Crippen molar-refractivity contribution in [2.45, 2.75) is 58.8 Å². The van der Waals surface area contributed by atoms with Gasteiger partial charge in [-0.25, -0.2) is 4.39 Å². The van der Waals surface area contributed by atoms with Crippen LogP contribution >= 0.6 is 0 Å². The van der Waals surface area contributed by atoms with Crippen LogP contribution in [-0.2, 0) is 0 Å². The fourth-order valence-corrected chi connectivity index (χ4v) is 2.30. The standard InChI is InChI=1S/C11H22FN/c1-8(2)10-6-11(5,12)7-13(10)9(3)4/h8-10H,6-7H2,1-5H3/t10?,11-/m0/s1. The predicted molar refractivity (Wildman–Crippen MR) is 54.6 cm³/mol. The van der Waals surface area contributed by atoms with E-state index in [-0.39, 0.29) is 0 Å². The molecule has 0 aromatic carbocycles. The fraction of sp³-hybridized carbons (Fsp3) is 1.00. The number of nitrogens with zero attached hydrogens (tertiary/aromatic N) is 1. The molecule has 2 atom stereocenters. The van der Waals surface area contributed by atoms with Gasteiger partial charge in [-0.15, -0.1) is 0 Å². The first-order valence-electron chi connectivity index (χ1n) is 5.28. The molecular formula is C11H22FN. The monoisotopic (exact) mass is 187 g/mol. The summed E-state index contributed by atoms with van der Waals surface area (Å²) in [6.07, 6.45) is 0.697. The smallest absolute Gasteiger partial charge is 0.122 e. The fourth-order valence-electron chi connectivity index (χ4n) is 2.30. The highest BCUT2D eigenvalue weighted by molar-refractivity contribution is 4.96. The van der Waals surface area contributed by atoms with E-state index in [1.807, 2.05) is 0 Å². The zero-order valence-electron chi connectivity index (χ0n) is 9.47. The van der Waals surface area contributed by atoms with E-state index >= 15 is 0 Å². The molecule has 1 nitrogen and oxygen atoms in total. The number of hydrogen-bond acceptors (Lipinski definition) is 1. The number of likely N-dealkylation sites (tertiary alicyclic amines) is 1. The Morgan fingerprint density at radius 1 is 1.31 bits per heavy atom. The first-order valence-corrected chi connectivity index (χ1v) is 5.28. The number of halogens is 1. The average molecular weight is 187 g/mol. The van der Waals surface area contributed by atoms with Gasteiger partial charge in [0.15, 0.2) is 0 Å². The first-order chi connectivity index (χ1) is 5.83. The summed E-state index contributed by atoms with van der Waals surface area (Å²) in [6.45, 7) is 11.0. The second kappa shape index (κ2) is 3.56. The van der Waals surface area contributed by atoms with Crippen LogP contribution in [0.2, 0.25) is 0 Å². The van der Waals surface area contributed by atoms with Crippen LogP contribution in [0.3, 0.4) is 0 Å². The number of rotatable bonds is 2. The minimum Gasteiger partial charge on any atom is -0.294 e. The largest absolute Gasteiger partial charge is 0.294 e. The van der Waals surface area contributed by atoms with Gasteiger partial charge in [-0.3, -0.25) is 4.90 Å². The number of hydrogen-bond donors (Lipinski definition) is 0. The van der Waals surface area contributed by atoms with Crippen LogP contribution in [0.5, 0.6) is 0 Å². The van der Waals surface area contributed by atoms with Crippen LogP contribution in [0.15, 0.2) is 0 Å². The summed E-state index contributed by atoms with van der Waals surface area (Å²) in [5, 5.41) is 0. The Morgan fingerprint density at radius 2 is 1.85 bits per heavy atom. The lowest BCUT2D eigenvalue weighted by molar-refractivity contribution is 0.149. The molecule has 1 saturated heterocycles. The summed E-state index contributed by atoms with van der Waals surface area (Å²) >= 11 is 0. The molecular weight excluding hydrogens is 165 g/mol. The first kappa shape index (κ1) is 11.0. The third kappa shape index (κ3) is 2.43. The molecule has 0 N–H and O–H groups in total. The van der Waals surface area contributed by atoms with E-state index in [4.69, 9.17) is 0 Å². The summed E-state index contributed by atoms with van der Waals surface area (Å²) in [6, 6.07) is 0.889. The van der Waals surface area contributed by atoms with Crippen molar-refractivity contribution in [2.24, 2.45) is 5.92 Å². The van der Waals surface area contributed by atoms with Crippen LogP contribution in [0, 0.1) is 5.92 Å². The van der Waals surface area contributed by atoms with Crippen molar-refractivity contribution in [2.75, 3.05) is 6.54 Å². The Bertz CT molecular complexity index is 157. The van der Waals surface area contributed by atoms with E-state index in [1.165, 1.54) is 0 Å². The second-order valence-electron chi connectivity index (χ2n) is 5.19. The van der Waals surface area contributed by atoms with Gasteiger partial charge < -0.3 is 0 Å². The van der Waals surface area contributed by atoms with Crippen molar-refractivity contribution in [3.8, 4) is 0 Å². The summed E-state index contributed by atoms with van der Waals surface area (Å²) < 4.78 is 13.8. The van der Waals surface area contributed by atoms with Gasteiger partial charge >= 0.3 is 0 Å². The normalized spacial score (nSPS) is 36.5. The maximum Gasteiger partial charge on any atom is 0.122 e. The van der Waals surface area contributed by atoms with Crippen molar-refractivity contribution in [3.05, 3.63) is 0 Å². The van der Waals surface area contributed by atoms with E-state index in [9.17, 15) is 4.39 Å². The zero-order chi connectivity index (χ0) is 10.2. The second-order valence-corrected chi connectivity index (χ2v) is 5.19. The van der Waals surface area contributed by atoms with Gasteiger partial charge in [0.05, 0.1) is 0 Å².